The largest absolute Gasteiger partial charge is 0.390 e. The van der Waals surface area contributed by atoms with Crippen LogP contribution in [0.15, 0.2) is 0 Å². The van der Waals surface area contributed by atoms with Gasteiger partial charge in [0.2, 0.25) is 0 Å². The Bertz CT molecular complexity index is 96.7. The molecular weight excluding hydrogens is 152 g/mol. The Kier molecular flexibility index (Phi) is 6.34. The molecule has 0 fully saturated rings. The number of nitrogens with zero attached hydrogens (tertiary/aromatic N) is 2. The maximum atomic E-state index is 9.57. The van der Waals surface area contributed by atoms with E-state index in [1.165, 1.54) is 0 Å². The molecule has 0 aromatic heterocycles. The van der Waals surface area contributed by atoms with E-state index in [9.17, 15) is 5.11 Å². The van der Waals surface area contributed by atoms with Crippen LogP contribution in [-0.2, 0) is 0 Å². The van der Waals surface area contributed by atoms with Gasteiger partial charge in [0, 0.05) is 13.1 Å². The van der Waals surface area contributed by atoms with Gasteiger partial charge in [-0.1, -0.05) is 13.8 Å². The number of hydrogen-bond donors (Lipinski definition) is 1. The fourth-order valence-corrected chi connectivity index (χ4v) is 1.04. The average Bonchev–Trinajstić information content (AvgIpc) is 2.03. The van der Waals surface area contributed by atoms with Crippen LogP contribution < -0.4 is 0 Å². The summed E-state index contributed by atoms with van der Waals surface area (Å²) in [4.78, 5) is 4.24. The molecular formula is C9H22N2O. The standard InChI is InChI=1S/C9H22N2O/c1-5-10(3)7-9(12)8-11(4)6-2/h9,12H,5-8H2,1-4H3. The van der Waals surface area contributed by atoms with Crippen molar-refractivity contribution in [1.82, 2.24) is 9.80 Å². The van der Waals surface area contributed by atoms with E-state index in [4.69, 9.17) is 0 Å². The van der Waals surface area contributed by atoms with Crippen molar-refractivity contribution in [3.63, 3.8) is 0 Å². The first-order chi connectivity index (χ1) is 5.60. The van der Waals surface area contributed by atoms with E-state index in [-0.39, 0.29) is 6.10 Å². The van der Waals surface area contributed by atoms with Gasteiger partial charge in [0.1, 0.15) is 0 Å². The van der Waals surface area contributed by atoms with E-state index in [0.717, 1.165) is 26.2 Å². The fraction of sp³-hybridized carbons (Fsp3) is 1.00. The minimum absolute atomic E-state index is 0.222. The van der Waals surface area contributed by atoms with Gasteiger partial charge in [-0.3, -0.25) is 0 Å². The second-order valence-corrected chi connectivity index (χ2v) is 3.36. The molecule has 0 bridgehead atoms. The van der Waals surface area contributed by atoms with E-state index in [1.54, 1.807) is 0 Å². The highest BCUT2D eigenvalue weighted by Gasteiger charge is 2.08. The van der Waals surface area contributed by atoms with Crippen molar-refractivity contribution in [2.24, 2.45) is 0 Å². The first kappa shape index (κ1) is 11.9. The minimum Gasteiger partial charge on any atom is -0.390 e. The zero-order valence-electron chi connectivity index (χ0n) is 8.75. The van der Waals surface area contributed by atoms with Crippen LogP contribution in [0.2, 0.25) is 0 Å². The molecule has 0 heterocycles. The summed E-state index contributed by atoms with van der Waals surface area (Å²) in [5.41, 5.74) is 0. The predicted molar refractivity (Wildman–Crippen MR) is 52.3 cm³/mol. The maximum Gasteiger partial charge on any atom is 0.0793 e. The molecule has 74 valence electrons. The van der Waals surface area contributed by atoms with Crippen LogP contribution in [0.3, 0.4) is 0 Å². The Balaban J connectivity index is 3.51. The Hall–Kier alpha value is -0.120. The lowest BCUT2D eigenvalue weighted by Gasteiger charge is -2.22. The molecule has 0 radical (unpaired) electrons. The fourth-order valence-electron chi connectivity index (χ4n) is 1.04. The molecule has 3 heteroatoms. The summed E-state index contributed by atoms with van der Waals surface area (Å²) < 4.78 is 0. The van der Waals surface area contributed by atoms with Crippen molar-refractivity contribution in [3.8, 4) is 0 Å². The minimum atomic E-state index is -0.222. The quantitative estimate of drug-likeness (QED) is 0.625. The van der Waals surface area contributed by atoms with Gasteiger partial charge in [-0.25, -0.2) is 0 Å². The molecule has 0 aliphatic rings. The van der Waals surface area contributed by atoms with Gasteiger partial charge in [0.15, 0.2) is 0 Å². The van der Waals surface area contributed by atoms with Crippen molar-refractivity contribution in [1.29, 1.82) is 0 Å². The van der Waals surface area contributed by atoms with E-state index in [2.05, 4.69) is 23.6 Å². The van der Waals surface area contributed by atoms with Crippen LogP contribution in [0.5, 0.6) is 0 Å². The third-order valence-corrected chi connectivity index (χ3v) is 2.12. The molecule has 3 nitrogen and oxygen atoms in total. The lowest BCUT2D eigenvalue weighted by Crippen LogP contribution is -2.37. The number of aliphatic hydroxyl groups excluding tert-OH is 1. The lowest BCUT2D eigenvalue weighted by molar-refractivity contribution is 0.0945. The highest BCUT2D eigenvalue weighted by molar-refractivity contribution is 4.63. The lowest BCUT2D eigenvalue weighted by atomic mass is 10.3. The topological polar surface area (TPSA) is 26.7 Å². The van der Waals surface area contributed by atoms with Crippen molar-refractivity contribution in [2.45, 2.75) is 20.0 Å². The number of aliphatic hydroxyl groups is 1. The molecule has 1 N–H and O–H groups in total. The summed E-state index contributed by atoms with van der Waals surface area (Å²) in [5, 5.41) is 9.57. The summed E-state index contributed by atoms with van der Waals surface area (Å²) in [7, 11) is 4.05. The Labute approximate surface area is 76.0 Å². The van der Waals surface area contributed by atoms with Gasteiger partial charge in [0.05, 0.1) is 6.10 Å². The van der Waals surface area contributed by atoms with Crippen molar-refractivity contribution in [2.75, 3.05) is 40.3 Å². The molecule has 0 saturated carbocycles. The Morgan fingerprint density at radius 2 is 1.33 bits per heavy atom. The Morgan fingerprint density at radius 3 is 1.58 bits per heavy atom. The molecule has 0 spiro atoms. The normalized spacial score (nSPS) is 12.0. The van der Waals surface area contributed by atoms with Crippen LogP contribution in [0.25, 0.3) is 0 Å². The van der Waals surface area contributed by atoms with Crippen LogP contribution in [0.1, 0.15) is 13.8 Å². The second kappa shape index (κ2) is 6.40. The van der Waals surface area contributed by atoms with Gasteiger partial charge in [-0.05, 0) is 27.2 Å². The maximum absolute atomic E-state index is 9.57. The SMILES string of the molecule is CCN(C)CC(O)CN(C)CC. The summed E-state index contributed by atoms with van der Waals surface area (Å²) in [6.45, 7) is 7.70. The molecule has 0 atom stereocenters. The van der Waals surface area contributed by atoms with Crippen molar-refractivity contribution in [3.05, 3.63) is 0 Å². The van der Waals surface area contributed by atoms with Crippen LogP contribution in [0.4, 0.5) is 0 Å². The zero-order chi connectivity index (χ0) is 9.56. The molecule has 0 unspecified atom stereocenters. The summed E-state index contributed by atoms with van der Waals surface area (Å²) >= 11 is 0. The van der Waals surface area contributed by atoms with Gasteiger partial charge >= 0.3 is 0 Å². The van der Waals surface area contributed by atoms with Gasteiger partial charge in [0.25, 0.3) is 0 Å². The van der Waals surface area contributed by atoms with E-state index in [0.29, 0.717) is 0 Å². The third kappa shape index (κ3) is 5.52. The van der Waals surface area contributed by atoms with Crippen LogP contribution >= 0.6 is 0 Å². The second-order valence-electron chi connectivity index (χ2n) is 3.36. The monoisotopic (exact) mass is 174 g/mol. The van der Waals surface area contributed by atoms with Gasteiger partial charge in [-0.2, -0.15) is 0 Å². The molecule has 0 aliphatic heterocycles. The molecule has 0 saturated heterocycles. The number of rotatable bonds is 6. The molecule has 0 aromatic carbocycles. The van der Waals surface area contributed by atoms with E-state index >= 15 is 0 Å². The van der Waals surface area contributed by atoms with Crippen LogP contribution in [0, 0.1) is 0 Å². The van der Waals surface area contributed by atoms with Crippen molar-refractivity contribution < 1.29 is 5.11 Å². The molecule has 12 heavy (non-hydrogen) atoms. The molecule has 0 amide bonds. The average molecular weight is 174 g/mol. The Morgan fingerprint density at radius 1 is 1.00 bits per heavy atom. The third-order valence-electron chi connectivity index (χ3n) is 2.12. The zero-order valence-corrected chi connectivity index (χ0v) is 8.75. The highest BCUT2D eigenvalue weighted by Crippen LogP contribution is 1.91. The first-order valence-electron chi connectivity index (χ1n) is 4.65. The van der Waals surface area contributed by atoms with Gasteiger partial charge in [-0.15, -0.1) is 0 Å². The number of likely N-dealkylation sites (N-methyl/N-ethyl adjacent to an activating group) is 2. The summed E-state index contributed by atoms with van der Waals surface area (Å²) in [5.74, 6) is 0. The summed E-state index contributed by atoms with van der Waals surface area (Å²) in [6.07, 6.45) is -0.222. The summed E-state index contributed by atoms with van der Waals surface area (Å²) in [6, 6.07) is 0. The molecule has 0 rings (SSSR count). The van der Waals surface area contributed by atoms with E-state index < -0.39 is 0 Å². The first-order valence-corrected chi connectivity index (χ1v) is 4.65. The highest BCUT2D eigenvalue weighted by atomic mass is 16.3. The van der Waals surface area contributed by atoms with Crippen LogP contribution in [-0.4, -0.2) is 61.3 Å². The number of hydrogen-bond acceptors (Lipinski definition) is 3. The van der Waals surface area contributed by atoms with Gasteiger partial charge < -0.3 is 14.9 Å². The van der Waals surface area contributed by atoms with Crippen molar-refractivity contribution >= 4 is 0 Å². The smallest absolute Gasteiger partial charge is 0.0793 e. The van der Waals surface area contributed by atoms with E-state index in [1.807, 2.05) is 14.1 Å². The molecule has 0 aliphatic carbocycles. The predicted octanol–water partition coefficient (Wildman–Crippen LogP) is 0.251. The molecule has 0 aromatic rings.